The molecule has 2 saturated heterocycles. The van der Waals surface area contributed by atoms with Gasteiger partial charge in [0.25, 0.3) is 5.91 Å². The van der Waals surface area contributed by atoms with E-state index in [-0.39, 0.29) is 5.91 Å². The lowest BCUT2D eigenvalue weighted by molar-refractivity contribution is 0.0664. The molecule has 0 unspecified atom stereocenters. The zero-order chi connectivity index (χ0) is 28.3. The third-order valence-electron chi connectivity index (χ3n) is 8.24. The normalized spacial score (nSPS) is 16.8. The third-order valence-corrected chi connectivity index (χ3v) is 8.24. The maximum Gasteiger partial charge on any atom is 0.257 e. The average Bonchev–Trinajstić information content (AvgIpc) is 3.35. The van der Waals surface area contributed by atoms with E-state index in [0.717, 1.165) is 92.4 Å². The van der Waals surface area contributed by atoms with Crippen molar-refractivity contribution in [3.8, 4) is 0 Å². The molecule has 41 heavy (non-hydrogen) atoms. The van der Waals surface area contributed by atoms with E-state index in [1.165, 1.54) is 12.1 Å². The van der Waals surface area contributed by atoms with Crippen molar-refractivity contribution in [1.29, 1.82) is 0 Å². The number of likely N-dealkylation sites (N-methyl/N-ethyl adjacent to an activating group) is 1. The summed E-state index contributed by atoms with van der Waals surface area (Å²) in [7, 11) is 2.14. The molecule has 4 aromatic rings. The van der Waals surface area contributed by atoms with Crippen LogP contribution < -0.4 is 10.2 Å². The lowest BCUT2D eigenvalue weighted by Gasteiger charge is -2.34. The number of piperazine rings is 1. The first-order chi connectivity index (χ1) is 19.9. The van der Waals surface area contributed by atoms with Crippen molar-refractivity contribution in [3.05, 3.63) is 88.5 Å². The molecule has 7 nitrogen and oxygen atoms in total. The molecule has 0 aliphatic carbocycles. The standard InChI is InChI=1S/C32H35F2N5O2/c1-38-8-10-39(11-9-38)27-3-4-28(24(19-27)15-21-6-12-41-13-7-21)32(40)35-31-29-18-22(2-5-30(29)36-37-31)14-23-16-25(33)20-26(34)17-23/h2-5,16-21H,6-15H2,1H3,(H2,35,36,37,40). The van der Waals surface area contributed by atoms with Crippen molar-refractivity contribution in [2.45, 2.75) is 25.7 Å². The first-order valence-electron chi connectivity index (χ1n) is 14.3. The van der Waals surface area contributed by atoms with Gasteiger partial charge < -0.3 is 19.9 Å². The van der Waals surface area contributed by atoms with E-state index in [4.69, 9.17) is 4.74 Å². The second-order valence-corrected chi connectivity index (χ2v) is 11.3. The molecule has 2 fully saturated rings. The maximum absolute atomic E-state index is 13.7. The number of hydrogen-bond acceptors (Lipinski definition) is 5. The van der Waals surface area contributed by atoms with Crippen LogP contribution in [0.25, 0.3) is 10.9 Å². The summed E-state index contributed by atoms with van der Waals surface area (Å²) in [6.07, 6.45) is 3.15. The zero-order valence-electron chi connectivity index (χ0n) is 23.3. The molecule has 3 heterocycles. The number of amides is 1. The second-order valence-electron chi connectivity index (χ2n) is 11.3. The van der Waals surface area contributed by atoms with Crippen molar-refractivity contribution in [1.82, 2.24) is 15.1 Å². The molecule has 6 rings (SSSR count). The lowest BCUT2D eigenvalue weighted by atomic mass is 9.89. The van der Waals surface area contributed by atoms with Gasteiger partial charge in [-0.3, -0.25) is 9.89 Å². The highest BCUT2D eigenvalue weighted by Crippen LogP contribution is 2.29. The van der Waals surface area contributed by atoms with E-state index in [2.05, 4.69) is 38.4 Å². The van der Waals surface area contributed by atoms with Gasteiger partial charge in [-0.05, 0) is 97.8 Å². The summed E-state index contributed by atoms with van der Waals surface area (Å²) in [6.45, 7) is 5.47. The fourth-order valence-electron chi connectivity index (χ4n) is 5.88. The van der Waals surface area contributed by atoms with Gasteiger partial charge in [-0.2, -0.15) is 5.10 Å². The number of rotatable bonds is 7. The summed E-state index contributed by atoms with van der Waals surface area (Å²) in [5, 5.41) is 11.1. The van der Waals surface area contributed by atoms with E-state index in [1.807, 2.05) is 30.3 Å². The number of benzene rings is 3. The number of anilines is 2. The smallest absolute Gasteiger partial charge is 0.257 e. The SMILES string of the molecule is CN1CCN(c2ccc(C(=O)Nc3n[nH]c4ccc(Cc5cc(F)cc(F)c5)cc34)c(CC3CCOCC3)c2)CC1. The van der Waals surface area contributed by atoms with E-state index in [9.17, 15) is 13.6 Å². The van der Waals surface area contributed by atoms with Gasteiger partial charge in [-0.15, -0.1) is 0 Å². The van der Waals surface area contributed by atoms with Crippen molar-refractivity contribution < 1.29 is 18.3 Å². The topological polar surface area (TPSA) is 73.5 Å². The Balaban J connectivity index is 1.25. The van der Waals surface area contributed by atoms with Crippen molar-refractivity contribution in [2.24, 2.45) is 5.92 Å². The van der Waals surface area contributed by atoms with E-state index < -0.39 is 11.6 Å². The highest BCUT2D eigenvalue weighted by molar-refractivity contribution is 6.08. The fraction of sp³-hybridized carbons (Fsp3) is 0.375. The van der Waals surface area contributed by atoms with Gasteiger partial charge in [-0.25, -0.2) is 8.78 Å². The molecule has 2 aliphatic heterocycles. The van der Waals surface area contributed by atoms with Gasteiger partial charge in [0.2, 0.25) is 0 Å². The molecule has 3 aromatic carbocycles. The van der Waals surface area contributed by atoms with Crippen LogP contribution in [-0.4, -0.2) is 67.4 Å². The molecule has 1 amide bonds. The van der Waals surface area contributed by atoms with Crippen LogP contribution >= 0.6 is 0 Å². The minimum atomic E-state index is -0.604. The van der Waals surface area contributed by atoms with Crippen LogP contribution in [0.15, 0.2) is 54.6 Å². The summed E-state index contributed by atoms with van der Waals surface area (Å²) >= 11 is 0. The summed E-state index contributed by atoms with van der Waals surface area (Å²) in [5.74, 6) is -0.514. The Kier molecular flexibility index (Phi) is 7.98. The van der Waals surface area contributed by atoms with Gasteiger partial charge in [0, 0.05) is 62.1 Å². The average molecular weight is 560 g/mol. The number of fused-ring (bicyclic) bond motifs is 1. The molecule has 9 heteroatoms. The third kappa shape index (κ3) is 6.41. The summed E-state index contributed by atoms with van der Waals surface area (Å²) in [4.78, 5) is 18.4. The first kappa shape index (κ1) is 27.4. The summed E-state index contributed by atoms with van der Waals surface area (Å²) in [5.41, 5.74) is 5.00. The van der Waals surface area contributed by atoms with Crippen LogP contribution in [0.4, 0.5) is 20.3 Å². The lowest BCUT2D eigenvalue weighted by Crippen LogP contribution is -2.44. The minimum Gasteiger partial charge on any atom is -0.381 e. The summed E-state index contributed by atoms with van der Waals surface area (Å²) < 4.78 is 33.0. The predicted molar refractivity (Wildman–Crippen MR) is 157 cm³/mol. The molecular weight excluding hydrogens is 524 g/mol. The first-order valence-corrected chi connectivity index (χ1v) is 14.3. The molecule has 0 saturated carbocycles. The number of aromatic amines is 1. The van der Waals surface area contributed by atoms with Gasteiger partial charge in [-0.1, -0.05) is 6.07 Å². The molecule has 0 radical (unpaired) electrons. The van der Waals surface area contributed by atoms with Crippen molar-refractivity contribution >= 4 is 28.3 Å². The monoisotopic (exact) mass is 559 g/mol. The molecule has 0 atom stereocenters. The molecule has 2 aliphatic rings. The van der Waals surface area contributed by atoms with Gasteiger partial charge in [0.1, 0.15) is 11.6 Å². The number of H-pyrrole nitrogens is 1. The number of halogens is 2. The highest BCUT2D eigenvalue weighted by Gasteiger charge is 2.22. The second kappa shape index (κ2) is 12.0. The fourth-order valence-corrected chi connectivity index (χ4v) is 5.88. The van der Waals surface area contributed by atoms with E-state index >= 15 is 0 Å². The van der Waals surface area contributed by atoms with Crippen LogP contribution in [0.3, 0.4) is 0 Å². The number of hydrogen-bond donors (Lipinski definition) is 2. The molecule has 214 valence electrons. The van der Waals surface area contributed by atoms with Crippen LogP contribution in [0.2, 0.25) is 0 Å². The number of carbonyl (C=O) groups is 1. The molecule has 1 aromatic heterocycles. The number of nitrogens with one attached hydrogen (secondary N) is 2. The Labute approximate surface area is 238 Å². The van der Waals surface area contributed by atoms with Gasteiger partial charge >= 0.3 is 0 Å². The minimum absolute atomic E-state index is 0.206. The van der Waals surface area contributed by atoms with Crippen molar-refractivity contribution in [3.63, 3.8) is 0 Å². The quantitative estimate of drug-likeness (QED) is 0.317. The largest absolute Gasteiger partial charge is 0.381 e. The highest BCUT2D eigenvalue weighted by atomic mass is 19.1. The van der Waals surface area contributed by atoms with Crippen LogP contribution in [-0.2, 0) is 17.6 Å². The molecule has 0 spiro atoms. The van der Waals surface area contributed by atoms with E-state index in [1.54, 1.807) is 0 Å². The molecule has 2 N–H and O–H groups in total. The number of nitrogens with zero attached hydrogens (tertiary/aromatic N) is 3. The number of ether oxygens (including phenoxy) is 1. The Hall–Kier alpha value is -3.82. The number of carbonyl (C=O) groups excluding carboxylic acids is 1. The summed E-state index contributed by atoms with van der Waals surface area (Å²) in [6, 6.07) is 15.4. The molecular formula is C32H35F2N5O2. The Bertz CT molecular complexity index is 1520. The molecule has 0 bridgehead atoms. The maximum atomic E-state index is 13.7. The Morgan fingerprint density at radius 2 is 1.73 bits per heavy atom. The van der Waals surface area contributed by atoms with Gasteiger partial charge in [0.05, 0.1) is 5.52 Å². The predicted octanol–water partition coefficient (Wildman–Crippen LogP) is 5.41. The Morgan fingerprint density at radius 1 is 0.976 bits per heavy atom. The van der Waals surface area contributed by atoms with Gasteiger partial charge in [0.15, 0.2) is 5.82 Å². The van der Waals surface area contributed by atoms with Crippen molar-refractivity contribution in [2.75, 3.05) is 56.7 Å². The zero-order valence-corrected chi connectivity index (χ0v) is 23.3. The van der Waals surface area contributed by atoms with Crippen LogP contribution in [0, 0.1) is 17.6 Å². The van der Waals surface area contributed by atoms with E-state index in [0.29, 0.717) is 29.3 Å². The van der Waals surface area contributed by atoms with Crippen LogP contribution in [0.1, 0.15) is 39.9 Å². The number of aromatic nitrogens is 2. The Morgan fingerprint density at radius 3 is 2.49 bits per heavy atom. The van der Waals surface area contributed by atoms with Crippen LogP contribution in [0.5, 0.6) is 0 Å².